The number of carboxylic acid groups (broad SMARTS) is 8. The van der Waals surface area contributed by atoms with E-state index in [1.54, 1.807) is 0 Å². The summed E-state index contributed by atoms with van der Waals surface area (Å²) in [5, 5.41) is 63.2. The van der Waals surface area contributed by atoms with E-state index in [0.29, 0.717) is 0 Å². The largest absolute Gasteiger partial charge is 0.481 e. The zero-order valence-electron chi connectivity index (χ0n) is 16.5. The van der Waals surface area contributed by atoms with Crippen molar-refractivity contribution in [2.75, 3.05) is 0 Å². The van der Waals surface area contributed by atoms with Crippen LogP contribution in [0.3, 0.4) is 0 Å². The maximum absolute atomic E-state index is 9.64. The van der Waals surface area contributed by atoms with Crippen molar-refractivity contribution in [3.05, 3.63) is 0 Å². The lowest BCUT2D eigenvalue weighted by Crippen LogP contribution is -2.00. The Morgan fingerprint density at radius 3 is 0.344 bits per heavy atom. The van der Waals surface area contributed by atoms with E-state index >= 15 is 0 Å². The van der Waals surface area contributed by atoms with Crippen molar-refractivity contribution in [1.82, 2.24) is 0 Å². The van der Waals surface area contributed by atoms with Crippen LogP contribution in [0.5, 0.6) is 0 Å². The summed E-state index contributed by atoms with van der Waals surface area (Å²) in [4.78, 5) is 77.1. The molecule has 16 heteroatoms. The highest BCUT2D eigenvalue weighted by Crippen LogP contribution is 1.87. The molecule has 0 rings (SSSR count). The number of carbonyl (C=O) groups is 8. The standard InChI is InChI=1S/4C4H6O4/c4*5-3(6)1-2-4(7)8/h4*1-2H2,(H,5,6)(H,7,8). The van der Waals surface area contributed by atoms with Crippen LogP contribution in [-0.2, 0) is 38.4 Å². The molecule has 8 N–H and O–H groups in total. The van der Waals surface area contributed by atoms with Gasteiger partial charge in [-0.1, -0.05) is 0 Å². The molecule has 0 fully saturated rings. The molecule has 0 bridgehead atoms. The van der Waals surface area contributed by atoms with Crippen molar-refractivity contribution >= 4 is 47.8 Å². The smallest absolute Gasteiger partial charge is 0.303 e. The molecule has 0 saturated carbocycles. The molecular formula is C16H24O16. The highest BCUT2D eigenvalue weighted by Gasteiger charge is 2.02. The van der Waals surface area contributed by atoms with Crippen molar-refractivity contribution in [2.24, 2.45) is 0 Å². The lowest BCUT2D eigenvalue weighted by atomic mass is 10.3. The van der Waals surface area contributed by atoms with Crippen LogP contribution in [0.2, 0.25) is 0 Å². The summed E-state index contributed by atoms with van der Waals surface area (Å²) in [5.74, 6) is -8.61. The number of rotatable bonds is 12. The van der Waals surface area contributed by atoms with E-state index < -0.39 is 47.8 Å². The molecule has 0 unspecified atom stereocenters. The molecule has 0 atom stereocenters. The number of carboxylic acids is 8. The highest BCUT2D eigenvalue weighted by molar-refractivity contribution is 5.76. The molecular weight excluding hydrogens is 448 g/mol. The van der Waals surface area contributed by atoms with Crippen LogP contribution in [0.25, 0.3) is 0 Å². The van der Waals surface area contributed by atoms with Gasteiger partial charge in [0.15, 0.2) is 0 Å². The van der Waals surface area contributed by atoms with Crippen molar-refractivity contribution in [3.8, 4) is 0 Å². The molecule has 32 heavy (non-hydrogen) atoms. The highest BCUT2D eigenvalue weighted by atomic mass is 16.4. The van der Waals surface area contributed by atoms with E-state index in [0.717, 1.165) is 0 Å². The molecule has 184 valence electrons. The van der Waals surface area contributed by atoms with E-state index in [-0.39, 0.29) is 51.4 Å². The molecule has 0 aliphatic rings. The third kappa shape index (κ3) is 63.6. The second-order valence-corrected chi connectivity index (χ2v) is 5.15. The summed E-state index contributed by atoms with van der Waals surface area (Å²) >= 11 is 0. The van der Waals surface area contributed by atoms with Gasteiger partial charge in [0, 0.05) is 0 Å². The van der Waals surface area contributed by atoms with Crippen LogP contribution in [-0.4, -0.2) is 88.6 Å². The lowest BCUT2D eigenvalue weighted by Gasteiger charge is -1.85. The number of aliphatic carboxylic acids is 8. The first-order valence-corrected chi connectivity index (χ1v) is 8.25. The molecule has 0 aromatic carbocycles. The van der Waals surface area contributed by atoms with Crippen molar-refractivity contribution in [1.29, 1.82) is 0 Å². The van der Waals surface area contributed by atoms with Gasteiger partial charge < -0.3 is 40.9 Å². The Balaban J connectivity index is -0.000000163. The SMILES string of the molecule is O=C(O)CCC(=O)O.O=C(O)CCC(=O)O.O=C(O)CCC(=O)O.O=C(O)CCC(=O)O. The van der Waals surface area contributed by atoms with Gasteiger partial charge in [-0.25, -0.2) is 0 Å². The Kier molecular flexibility index (Phi) is 25.4. The Labute approximate surface area is 179 Å². The molecule has 16 nitrogen and oxygen atoms in total. The van der Waals surface area contributed by atoms with Gasteiger partial charge in [0.2, 0.25) is 0 Å². The summed E-state index contributed by atoms with van der Waals surface area (Å²) in [6, 6.07) is 0. The van der Waals surface area contributed by atoms with Gasteiger partial charge in [-0.3, -0.25) is 38.4 Å². The van der Waals surface area contributed by atoms with Crippen LogP contribution in [0.15, 0.2) is 0 Å². The summed E-state index contributed by atoms with van der Waals surface area (Å²) in [6.45, 7) is 0. The molecule has 0 amide bonds. The second-order valence-electron chi connectivity index (χ2n) is 5.15. The predicted molar refractivity (Wildman–Crippen MR) is 98.0 cm³/mol. The van der Waals surface area contributed by atoms with Crippen molar-refractivity contribution in [3.63, 3.8) is 0 Å². The zero-order valence-corrected chi connectivity index (χ0v) is 16.5. The quantitative estimate of drug-likeness (QED) is 0.181. The van der Waals surface area contributed by atoms with Gasteiger partial charge in [0.05, 0.1) is 51.4 Å². The van der Waals surface area contributed by atoms with E-state index in [1.165, 1.54) is 0 Å². The molecule has 0 aliphatic heterocycles. The summed E-state index contributed by atoms with van der Waals surface area (Å²) < 4.78 is 0. The molecule has 0 aromatic rings. The fourth-order valence-electron chi connectivity index (χ4n) is 0.855. The van der Waals surface area contributed by atoms with Crippen molar-refractivity contribution < 1.29 is 79.2 Å². The van der Waals surface area contributed by atoms with Gasteiger partial charge in [0.1, 0.15) is 0 Å². The summed E-state index contributed by atoms with van der Waals surface area (Å²) in [7, 11) is 0. The Morgan fingerprint density at radius 2 is 0.312 bits per heavy atom. The van der Waals surface area contributed by atoms with Crippen LogP contribution >= 0.6 is 0 Å². The van der Waals surface area contributed by atoms with E-state index in [4.69, 9.17) is 40.9 Å². The van der Waals surface area contributed by atoms with Crippen LogP contribution < -0.4 is 0 Å². The second kappa shape index (κ2) is 23.0. The van der Waals surface area contributed by atoms with Gasteiger partial charge in [0.25, 0.3) is 0 Å². The van der Waals surface area contributed by atoms with Crippen molar-refractivity contribution in [2.45, 2.75) is 51.4 Å². The predicted octanol–water partition coefficient (Wildman–Crippen LogP) is -0.257. The van der Waals surface area contributed by atoms with Crippen LogP contribution in [0, 0.1) is 0 Å². The molecule has 0 saturated heterocycles. The minimum Gasteiger partial charge on any atom is -0.481 e. The van der Waals surface area contributed by atoms with Crippen LogP contribution in [0.1, 0.15) is 51.4 Å². The fourth-order valence-corrected chi connectivity index (χ4v) is 0.855. The average molecular weight is 472 g/mol. The minimum absolute atomic E-state index is 0.296. The van der Waals surface area contributed by atoms with Gasteiger partial charge >= 0.3 is 47.8 Å². The third-order valence-electron chi connectivity index (χ3n) is 2.21. The minimum atomic E-state index is -1.08. The first-order chi connectivity index (χ1) is 14.5. The molecule has 0 heterocycles. The maximum atomic E-state index is 9.64. The summed E-state index contributed by atoms with van der Waals surface area (Å²) in [6.07, 6.45) is -2.37. The summed E-state index contributed by atoms with van der Waals surface area (Å²) in [5.41, 5.74) is 0. The lowest BCUT2D eigenvalue weighted by molar-refractivity contribution is -0.143. The topological polar surface area (TPSA) is 298 Å². The molecule has 0 aliphatic carbocycles. The van der Waals surface area contributed by atoms with E-state index in [1.807, 2.05) is 0 Å². The fraction of sp³-hybridized carbons (Fsp3) is 0.500. The van der Waals surface area contributed by atoms with E-state index in [2.05, 4.69) is 0 Å². The zero-order chi connectivity index (χ0) is 26.3. The number of hydrogen-bond acceptors (Lipinski definition) is 8. The maximum Gasteiger partial charge on any atom is 0.303 e. The van der Waals surface area contributed by atoms with Gasteiger partial charge in [-0.15, -0.1) is 0 Å². The third-order valence-corrected chi connectivity index (χ3v) is 2.21. The monoisotopic (exact) mass is 472 g/mol. The Bertz CT molecular complexity index is 482. The first-order valence-electron chi connectivity index (χ1n) is 8.25. The van der Waals surface area contributed by atoms with Crippen LogP contribution in [0.4, 0.5) is 0 Å². The van der Waals surface area contributed by atoms with Gasteiger partial charge in [-0.2, -0.15) is 0 Å². The number of hydrogen-bond donors (Lipinski definition) is 8. The normalized spacial score (nSPS) is 8.50. The molecule has 0 spiro atoms. The molecule has 0 radical (unpaired) electrons. The Hall–Kier alpha value is -4.24. The Morgan fingerprint density at radius 1 is 0.250 bits per heavy atom. The molecule has 0 aromatic heterocycles. The first kappa shape index (κ1) is 35.2. The van der Waals surface area contributed by atoms with Gasteiger partial charge in [-0.05, 0) is 0 Å². The average Bonchev–Trinajstić information content (AvgIpc) is 2.63. The van der Waals surface area contributed by atoms with E-state index in [9.17, 15) is 38.4 Å².